The first-order chi connectivity index (χ1) is 17.2. The highest BCUT2D eigenvalue weighted by molar-refractivity contribution is 5.99. The molecule has 192 valence electrons. The molecular weight excluding hydrogens is 482 g/mol. The molecule has 7 nitrogen and oxygen atoms in total. The largest absolute Gasteiger partial charge is 0.487 e. The van der Waals surface area contributed by atoms with Gasteiger partial charge in [0, 0.05) is 48.9 Å². The quantitative estimate of drug-likeness (QED) is 0.461. The molecule has 2 fully saturated rings. The summed E-state index contributed by atoms with van der Waals surface area (Å²) in [5.74, 6) is -5.42. The van der Waals surface area contributed by atoms with E-state index < -0.39 is 59.0 Å². The Labute approximate surface area is 204 Å². The number of amides is 2. The lowest BCUT2D eigenvalue weighted by Crippen LogP contribution is -2.54. The van der Waals surface area contributed by atoms with Gasteiger partial charge in [-0.25, -0.2) is 17.6 Å². The number of benzene rings is 1. The van der Waals surface area contributed by atoms with E-state index in [9.17, 15) is 31.9 Å². The fourth-order valence-corrected chi connectivity index (χ4v) is 5.58. The van der Waals surface area contributed by atoms with E-state index in [-0.39, 0.29) is 48.5 Å². The molecule has 2 amide bonds. The zero-order chi connectivity index (χ0) is 25.7. The number of alkyl halides is 1. The summed E-state index contributed by atoms with van der Waals surface area (Å²) in [5.41, 5.74) is -1.75. The molecule has 4 atom stereocenters. The molecule has 1 aliphatic carbocycles. The van der Waals surface area contributed by atoms with E-state index in [1.54, 1.807) is 4.90 Å². The minimum Gasteiger partial charge on any atom is -0.487 e. The van der Waals surface area contributed by atoms with Gasteiger partial charge in [-0.3, -0.25) is 14.4 Å². The Hall–Kier alpha value is -3.37. The number of piperidine rings is 1. The molecule has 11 heteroatoms. The van der Waals surface area contributed by atoms with Crippen molar-refractivity contribution in [3.05, 3.63) is 62.8 Å². The number of rotatable bonds is 7. The summed E-state index contributed by atoms with van der Waals surface area (Å²) >= 11 is 0. The summed E-state index contributed by atoms with van der Waals surface area (Å²) < 4.78 is 62.7. The Bertz CT molecular complexity index is 1270. The third kappa shape index (κ3) is 3.94. The van der Waals surface area contributed by atoms with Crippen molar-refractivity contribution in [1.82, 2.24) is 14.8 Å². The van der Waals surface area contributed by atoms with Crippen molar-refractivity contribution in [1.29, 1.82) is 0 Å². The number of fused-ring (bicyclic) bond motifs is 6. The molecule has 1 unspecified atom stereocenters. The third-order valence-electron chi connectivity index (χ3n) is 7.33. The number of nitrogens with one attached hydrogen (secondary N) is 1. The number of ether oxygens (including phenoxy) is 1. The Balaban J connectivity index is 1.49. The summed E-state index contributed by atoms with van der Waals surface area (Å²) in [5, 5.41) is 2.28. The summed E-state index contributed by atoms with van der Waals surface area (Å²) in [4.78, 5) is 41.3. The number of hydrogen-bond acceptors (Lipinski definition) is 4. The number of carbonyl (C=O) groups is 2. The third-order valence-corrected chi connectivity index (χ3v) is 7.33. The van der Waals surface area contributed by atoms with Crippen molar-refractivity contribution < 1.29 is 31.9 Å². The van der Waals surface area contributed by atoms with Crippen LogP contribution in [-0.4, -0.2) is 46.1 Å². The normalized spacial score (nSPS) is 24.0. The van der Waals surface area contributed by atoms with Gasteiger partial charge in [-0.1, -0.05) is 13.3 Å². The fourth-order valence-electron chi connectivity index (χ4n) is 5.58. The smallest absolute Gasteiger partial charge is 0.275 e. The van der Waals surface area contributed by atoms with Crippen molar-refractivity contribution in [2.45, 2.75) is 64.0 Å². The molecule has 1 N–H and O–H groups in total. The molecule has 36 heavy (non-hydrogen) atoms. The number of pyridine rings is 1. The number of unbranched alkanes of at least 4 members (excludes halogenated alkanes) is 1. The second-order valence-corrected chi connectivity index (χ2v) is 9.52. The average Bonchev–Trinajstić information content (AvgIpc) is 3.37. The summed E-state index contributed by atoms with van der Waals surface area (Å²) in [6, 6.07) is 0.340. The first-order valence-corrected chi connectivity index (χ1v) is 12.0. The zero-order valence-electron chi connectivity index (χ0n) is 19.5. The Morgan fingerprint density at radius 1 is 1.17 bits per heavy atom. The maximum atomic E-state index is 14.4. The van der Waals surface area contributed by atoms with Gasteiger partial charge in [-0.2, -0.15) is 0 Å². The molecule has 5 rings (SSSR count). The van der Waals surface area contributed by atoms with E-state index >= 15 is 0 Å². The molecule has 0 spiro atoms. The van der Waals surface area contributed by atoms with Crippen molar-refractivity contribution in [3.8, 4) is 5.75 Å². The van der Waals surface area contributed by atoms with Crippen molar-refractivity contribution >= 4 is 11.8 Å². The number of halogens is 4. The van der Waals surface area contributed by atoms with Crippen LogP contribution in [0.25, 0.3) is 0 Å². The van der Waals surface area contributed by atoms with Crippen LogP contribution in [0.15, 0.2) is 23.1 Å². The molecule has 1 aromatic heterocycles. The SMILES string of the molecule is CCCCOc1c2n(cc(C(=O)NCc3c(F)cc(F)cc3F)c1=O)C[C@H]1C3C[C@H](C[C@H]3F)N1C2=O. The number of hydrogen-bond donors (Lipinski definition) is 1. The minimum atomic E-state index is -1.18. The Kier molecular flexibility index (Phi) is 6.25. The molecule has 1 saturated heterocycles. The molecule has 1 aromatic carbocycles. The van der Waals surface area contributed by atoms with Crippen LogP contribution in [0, 0.1) is 23.4 Å². The van der Waals surface area contributed by atoms with Gasteiger partial charge >= 0.3 is 0 Å². The van der Waals surface area contributed by atoms with Gasteiger partial charge in [0.2, 0.25) is 5.43 Å². The molecule has 2 aromatic rings. The standard InChI is InChI=1S/C25H25F4N3O4/c1-2-3-4-36-23-21-25(35)32-13-7-14(19(29)8-13)20(32)11-31(21)10-16(22(23)33)24(34)30-9-15-17(27)5-12(26)6-18(15)28/h5-6,10,13-14,19-20H,2-4,7-9,11H2,1H3,(H,30,34)/t13-,14?,19-,20+/m1/s1. The van der Waals surface area contributed by atoms with Crippen LogP contribution < -0.4 is 15.5 Å². The van der Waals surface area contributed by atoms with Crippen LogP contribution >= 0.6 is 0 Å². The van der Waals surface area contributed by atoms with Crippen molar-refractivity contribution in [2.24, 2.45) is 5.92 Å². The molecule has 2 bridgehead atoms. The lowest BCUT2D eigenvalue weighted by Gasteiger charge is -2.41. The fraction of sp³-hybridized carbons (Fsp3) is 0.480. The molecule has 0 radical (unpaired) electrons. The average molecular weight is 507 g/mol. The van der Waals surface area contributed by atoms with Crippen LogP contribution in [0.4, 0.5) is 17.6 Å². The van der Waals surface area contributed by atoms with E-state index in [1.807, 2.05) is 6.92 Å². The monoisotopic (exact) mass is 507 g/mol. The Morgan fingerprint density at radius 3 is 2.58 bits per heavy atom. The summed E-state index contributed by atoms with van der Waals surface area (Å²) in [7, 11) is 0. The van der Waals surface area contributed by atoms with Gasteiger partial charge in [-0.15, -0.1) is 0 Å². The van der Waals surface area contributed by atoms with Crippen molar-refractivity contribution in [2.75, 3.05) is 6.61 Å². The van der Waals surface area contributed by atoms with Gasteiger partial charge in [0.15, 0.2) is 11.4 Å². The van der Waals surface area contributed by atoms with Crippen molar-refractivity contribution in [3.63, 3.8) is 0 Å². The predicted octanol–water partition coefficient (Wildman–Crippen LogP) is 3.33. The van der Waals surface area contributed by atoms with Gasteiger partial charge in [0.25, 0.3) is 11.8 Å². The molecule has 3 heterocycles. The lowest BCUT2D eigenvalue weighted by molar-refractivity contribution is 0.0348. The second kappa shape index (κ2) is 9.25. The topological polar surface area (TPSA) is 80.6 Å². The second-order valence-electron chi connectivity index (χ2n) is 9.52. The number of aromatic nitrogens is 1. The summed E-state index contributed by atoms with van der Waals surface area (Å²) in [6.07, 6.45) is 2.37. The first-order valence-electron chi connectivity index (χ1n) is 12.0. The zero-order valence-corrected chi connectivity index (χ0v) is 19.5. The molecule has 2 aliphatic heterocycles. The highest BCUT2D eigenvalue weighted by Gasteiger charge is 2.56. The van der Waals surface area contributed by atoms with E-state index in [1.165, 1.54) is 10.8 Å². The van der Waals surface area contributed by atoms with E-state index in [0.29, 0.717) is 25.0 Å². The first kappa shape index (κ1) is 24.3. The van der Waals surface area contributed by atoms with Crippen LogP contribution in [0.2, 0.25) is 0 Å². The number of nitrogens with zero attached hydrogens (tertiary/aromatic N) is 2. The Morgan fingerprint density at radius 2 is 1.89 bits per heavy atom. The van der Waals surface area contributed by atoms with Crippen LogP contribution in [0.1, 0.15) is 59.0 Å². The van der Waals surface area contributed by atoms with Gasteiger partial charge in [0.1, 0.15) is 29.2 Å². The van der Waals surface area contributed by atoms with E-state index in [4.69, 9.17) is 4.74 Å². The lowest BCUT2D eigenvalue weighted by atomic mass is 9.94. The van der Waals surface area contributed by atoms with Gasteiger partial charge in [0.05, 0.1) is 12.6 Å². The maximum Gasteiger partial charge on any atom is 0.275 e. The van der Waals surface area contributed by atoms with E-state index in [2.05, 4.69) is 5.32 Å². The van der Waals surface area contributed by atoms with Crippen LogP contribution in [0.5, 0.6) is 5.75 Å². The van der Waals surface area contributed by atoms with Crippen LogP contribution in [0.3, 0.4) is 0 Å². The van der Waals surface area contributed by atoms with Gasteiger partial charge in [-0.05, 0) is 19.3 Å². The highest BCUT2D eigenvalue weighted by atomic mass is 19.1. The molecular formula is C25H25F4N3O4. The highest BCUT2D eigenvalue weighted by Crippen LogP contribution is 2.47. The summed E-state index contributed by atoms with van der Waals surface area (Å²) in [6.45, 7) is 1.62. The predicted molar refractivity (Wildman–Crippen MR) is 120 cm³/mol. The molecule has 3 aliphatic rings. The minimum absolute atomic E-state index is 0.0162. The van der Waals surface area contributed by atoms with Gasteiger partial charge < -0.3 is 19.5 Å². The number of carbonyl (C=O) groups excluding carboxylic acids is 2. The molecule has 1 saturated carbocycles. The van der Waals surface area contributed by atoms with Crippen LogP contribution in [-0.2, 0) is 13.1 Å². The maximum absolute atomic E-state index is 14.4. The van der Waals surface area contributed by atoms with E-state index in [0.717, 1.165) is 6.42 Å².